The number of fused-ring (bicyclic) bond motifs is 1. The SMILES string of the molecule is C[C@@H]1[C@@H]2[C@H]1S(=O)(=O)C[C@@]2(NC(=O)[C@@H](N)Cc1ccc(O)cc1)C(=O)O. The maximum atomic E-state index is 12.4. The highest BCUT2D eigenvalue weighted by Gasteiger charge is 2.75. The molecule has 5 N–H and O–H groups in total. The molecule has 0 unspecified atom stereocenters. The van der Waals surface area contributed by atoms with Crippen molar-refractivity contribution in [1.29, 1.82) is 0 Å². The zero-order valence-electron chi connectivity index (χ0n) is 13.5. The van der Waals surface area contributed by atoms with Crippen LogP contribution in [0.1, 0.15) is 12.5 Å². The quantitative estimate of drug-likeness (QED) is 0.535. The van der Waals surface area contributed by atoms with Crippen molar-refractivity contribution in [2.75, 3.05) is 5.75 Å². The number of hydrogen-bond acceptors (Lipinski definition) is 6. The first-order valence-corrected chi connectivity index (χ1v) is 9.60. The number of aromatic hydroxyl groups is 1. The fourth-order valence-corrected chi connectivity index (χ4v) is 6.76. The summed E-state index contributed by atoms with van der Waals surface area (Å²) in [6, 6.07) is 5.09. The molecule has 0 radical (unpaired) electrons. The maximum Gasteiger partial charge on any atom is 0.330 e. The number of phenols is 1. The van der Waals surface area contributed by atoms with Crippen LogP contribution < -0.4 is 11.1 Å². The average Bonchev–Trinajstić information content (AvgIpc) is 3.13. The van der Waals surface area contributed by atoms with Gasteiger partial charge in [-0.15, -0.1) is 0 Å². The second-order valence-corrected chi connectivity index (χ2v) is 9.06. The Bertz CT molecular complexity index is 822. The number of carbonyl (C=O) groups is 2. The van der Waals surface area contributed by atoms with Crippen molar-refractivity contribution >= 4 is 21.7 Å². The van der Waals surface area contributed by atoms with Gasteiger partial charge in [-0.3, -0.25) is 4.79 Å². The molecule has 5 atom stereocenters. The first-order chi connectivity index (χ1) is 11.6. The Labute approximate surface area is 144 Å². The van der Waals surface area contributed by atoms with Crippen molar-refractivity contribution in [3.63, 3.8) is 0 Å². The van der Waals surface area contributed by atoms with Crippen molar-refractivity contribution in [3.05, 3.63) is 29.8 Å². The summed E-state index contributed by atoms with van der Waals surface area (Å²) in [6.07, 6.45) is 0.137. The molecule has 1 aliphatic carbocycles. The fourth-order valence-electron chi connectivity index (χ4n) is 3.88. The summed E-state index contributed by atoms with van der Waals surface area (Å²) >= 11 is 0. The zero-order chi connectivity index (χ0) is 18.6. The van der Waals surface area contributed by atoms with Crippen LogP contribution in [0.5, 0.6) is 5.75 Å². The third-order valence-corrected chi connectivity index (χ3v) is 7.58. The molecule has 0 bridgehead atoms. The van der Waals surface area contributed by atoms with E-state index in [1.807, 2.05) is 0 Å². The highest BCUT2D eigenvalue weighted by molar-refractivity contribution is 7.92. The van der Waals surface area contributed by atoms with Crippen LogP contribution in [0.25, 0.3) is 0 Å². The lowest BCUT2D eigenvalue weighted by molar-refractivity contribution is -0.147. The van der Waals surface area contributed by atoms with Gasteiger partial charge in [0.1, 0.15) is 5.75 Å². The number of rotatable bonds is 5. The summed E-state index contributed by atoms with van der Waals surface area (Å²) in [4.78, 5) is 24.2. The molecule has 2 aliphatic rings. The van der Waals surface area contributed by atoms with E-state index in [0.29, 0.717) is 5.56 Å². The van der Waals surface area contributed by atoms with Crippen molar-refractivity contribution in [2.24, 2.45) is 17.6 Å². The van der Waals surface area contributed by atoms with Crippen molar-refractivity contribution in [1.82, 2.24) is 5.32 Å². The predicted molar refractivity (Wildman–Crippen MR) is 88.5 cm³/mol. The molecule has 2 fully saturated rings. The predicted octanol–water partition coefficient (Wildman–Crippen LogP) is -0.735. The van der Waals surface area contributed by atoms with Crippen LogP contribution in [0.3, 0.4) is 0 Å². The molecule has 8 nitrogen and oxygen atoms in total. The minimum absolute atomic E-state index is 0.0801. The zero-order valence-corrected chi connectivity index (χ0v) is 14.4. The lowest BCUT2D eigenvalue weighted by Crippen LogP contribution is -2.61. The Balaban J connectivity index is 1.76. The second kappa shape index (κ2) is 5.70. The molecule has 1 heterocycles. The molecule has 136 valence electrons. The van der Waals surface area contributed by atoms with Gasteiger partial charge in [0.25, 0.3) is 0 Å². The molecule has 1 saturated carbocycles. The van der Waals surface area contributed by atoms with Gasteiger partial charge in [-0.1, -0.05) is 19.1 Å². The van der Waals surface area contributed by atoms with Crippen molar-refractivity contribution in [3.8, 4) is 5.75 Å². The Hall–Kier alpha value is -2.13. The van der Waals surface area contributed by atoms with Crippen LogP contribution in [-0.2, 0) is 25.8 Å². The van der Waals surface area contributed by atoms with E-state index in [1.54, 1.807) is 19.1 Å². The summed E-state index contributed by atoms with van der Waals surface area (Å²) in [7, 11) is -3.55. The fraction of sp³-hybridized carbons (Fsp3) is 0.500. The number of carboxylic acid groups (broad SMARTS) is 1. The van der Waals surface area contributed by atoms with Crippen LogP contribution in [0.4, 0.5) is 0 Å². The number of phenolic OH excluding ortho intramolecular Hbond substituents is 1. The van der Waals surface area contributed by atoms with Crippen LogP contribution >= 0.6 is 0 Å². The monoisotopic (exact) mass is 368 g/mol. The number of benzene rings is 1. The molecule has 0 aromatic heterocycles. The first-order valence-electron chi connectivity index (χ1n) is 7.89. The highest BCUT2D eigenvalue weighted by atomic mass is 32.2. The molecule has 1 aromatic carbocycles. The molecule has 1 amide bonds. The van der Waals surface area contributed by atoms with Gasteiger partial charge in [-0.2, -0.15) is 0 Å². The van der Waals surface area contributed by atoms with Crippen LogP contribution in [0.15, 0.2) is 24.3 Å². The molecule has 25 heavy (non-hydrogen) atoms. The largest absolute Gasteiger partial charge is 0.508 e. The van der Waals surface area contributed by atoms with Gasteiger partial charge in [0.15, 0.2) is 15.4 Å². The van der Waals surface area contributed by atoms with E-state index in [1.165, 1.54) is 12.1 Å². The van der Waals surface area contributed by atoms with E-state index in [4.69, 9.17) is 5.73 Å². The second-order valence-electron chi connectivity index (χ2n) is 6.90. The molecule has 3 rings (SSSR count). The average molecular weight is 368 g/mol. The number of aliphatic carboxylic acids is 1. The van der Waals surface area contributed by atoms with Gasteiger partial charge in [-0.05, 0) is 30.0 Å². The number of amides is 1. The minimum atomic E-state index is -3.55. The van der Waals surface area contributed by atoms with Crippen molar-refractivity contribution < 1.29 is 28.2 Å². The van der Waals surface area contributed by atoms with Gasteiger partial charge < -0.3 is 21.3 Å². The number of carboxylic acids is 1. The lowest BCUT2D eigenvalue weighted by atomic mass is 9.93. The number of sulfone groups is 1. The lowest BCUT2D eigenvalue weighted by Gasteiger charge is -2.29. The Morgan fingerprint density at radius 2 is 1.96 bits per heavy atom. The summed E-state index contributed by atoms with van der Waals surface area (Å²) in [5.74, 6) is -3.50. The molecule has 1 aliphatic heterocycles. The van der Waals surface area contributed by atoms with Crippen LogP contribution in [0, 0.1) is 11.8 Å². The third-order valence-electron chi connectivity index (χ3n) is 5.17. The standard InChI is InChI=1S/C16H20N2O6S/c1-8-12-13(8)25(23,24)7-16(12,15(21)22)18-14(20)11(17)6-9-2-4-10(19)5-3-9/h2-5,8,11-13,19H,6-7,17H2,1H3,(H,18,20)(H,21,22)/t8-,11+,12-,13+,16+/m1/s1. The third kappa shape index (κ3) is 2.87. The number of hydrogen-bond donors (Lipinski definition) is 4. The highest BCUT2D eigenvalue weighted by Crippen LogP contribution is 2.57. The van der Waals surface area contributed by atoms with E-state index >= 15 is 0 Å². The molecule has 1 aromatic rings. The van der Waals surface area contributed by atoms with Gasteiger partial charge in [0.2, 0.25) is 5.91 Å². The van der Waals surface area contributed by atoms with Gasteiger partial charge in [0.05, 0.1) is 17.0 Å². The Kier molecular flexibility index (Phi) is 4.03. The van der Waals surface area contributed by atoms with E-state index < -0.39 is 50.2 Å². The van der Waals surface area contributed by atoms with Gasteiger partial charge in [0, 0.05) is 5.92 Å². The molecular formula is C16H20N2O6S. The summed E-state index contributed by atoms with van der Waals surface area (Å²) in [5.41, 5.74) is 4.75. The van der Waals surface area contributed by atoms with E-state index in [-0.39, 0.29) is 18.1 Å². The summed E-state index contributed by atoms with van der Waals surface area (Å²) in [5, 5.41) is 20.6. The number of nitrogens with two attached hydrogens (primary N) is 1. The molecule has 1 saturated heterocycles. The summed E-state index contributed by atoms with van der Waals surface area (Å²) < 4.78 is 24.3. The van der Waals surface area contributed by atoms with Crippen molar-refractivity contribution in [2.45, 2.75) is 30.2 Å². The van der Waals surface area contributed by atoms with Crippen LogP contribution in [-0.4, -0.2) is 53.1 Å². The number of carbonyl (C=O) groups excluding carboxylic acids is 1. The first kappa shape index (κ1) is 17.7. The van der Waals surface area contributed by atoms with Gasteiger partial charge >= 0.3 is 5.97 Å². The van der Waals surface area contributed by atoms with E-state index in [0.717, 1.165) is 0 Å². The topological polar surface area (TPSA) is 147 Å². The Morgan fingerprint density at radius 1 is 1.36 bits per heavy atom. The number of nitrogens with one attached hydrogen (secondary N) is 1. The normalized spacial score (nSPS) is 33.3. The van der Waals surface area contributed by atoms with Crippen LogP contribution in [0.2, 0.25) is 0 Å². The molecule has 9 heteroatoms. The van der Waals surface area contributed by atoms with Gasteiger partial charge in [-0.25, -0.2) is 13.2 Å². The minimum Gasteiger partial charge on any atom is -0.508 e. The van der Waals surface area contributed by atoms with E-state index in [9.17, 15) is 28.2 Å². The smallest absolute Gasteiger partial charge is 0.330 e. The maximum absolute atomic E-state index is 12.4. The molecule has 0 spiro atoms. The summed E-state index contributed by atoms with van der Waals surface area (Å²) in [6.45, 7) is 1.67. The van der Waals surface area contributed by atoms with E-state index in [2.05, 4.69) is 5.32 Å². The molecular weight excluding hydrogens is 348 g/mol. The Morgan fingerprint density at radius 3 is 2.44 bits per heavy atom.